The van der Waals surface area contributed by atoms with Crippen molar-refractivity contribution < 1.29 is 52.5 Å². The Labute approximate surface area is 452 Å². The van der Waals surface area contributed by atoms with Gasteiger partial charge in [0.1, 0.15) is 29.2 Å². The molecule has 6 rings (SSSR count). The van der Waals surface area contributed by atoms with Crippen LogP contribution in [0.4, 0.5) is 15.4 Å². The summed E-state index contributed by atoms with van der Waals surface area (Å²) in [4.78, 5) is 102. The minimum Gasteiger partial charge on any atom is -0.445 e. The number of rotatable bonds is 35. The first kappa shape index (κ1) is 59.9. The van der Waals surface area contributed by atoms with Crippen molar-refractivity contribution in [2.24, 2.45) is 17.6 Å². The maximum Gasteiger partial charge on any atom is 0.410 e. The molecule has 0 spiro atoms. The summed E-state index contributed by atoms with van der Waals surface area (Å²) in [5, 5.41) is 16.8. The number of hydrogen-bond acceptors (Lipinski definition) is 17. The first-order valence-corrected chi connectivity index (χ1v) is 26.6. The molecule has 424 valence electrons. The van der Waals surface area contributed by atoms with Gasteiger partial charge in [0.2, 0.25) is 11.8 Å². The Morgan fingerprint density at radius 3 is 2.18 bits per heavy atom. The SMILES string of the molecule is CC(=O)NCCOCCOCCOCCOCCC(=O)C[C@H](C(=O)N[C@@H](CCCNC(N)=O)C(=O)Cc1ccc(COC(=O)N(CCn2nnc3cc(Cn4c(=O)[nH]c5c(N)nc(C)nc54)ccc32)C2CCC2)cc1)C(C)C. The van der Waals surface area contributed by atoms with Crippen molar-refractivity contribution in [2.75, 3.05) is 78.2 Å². The van der Waals surface area contributed by atoms with E-state index in [-0.39, 0.29) is 99.5 Å². The van der Waals surface area contributed by atoms with E-state index in [1.807, 2.05) is 32.0 Å². The lowest BCUT2D eigenvalue weighted by Crippen LogP contribution is -2.46. The minimum atomic E-state index is -0.901. The lowest BCUT2D eigenvalue weighted by atomic mass is 9.88. The Bertz CT molecular complexity index is 2850. The second kappa shape index (κ2) is 30.6. The zero-order chi connectivity index (χ0) is 56.0. The van der Waals surface area contributed by atoms with Crippen molar-refractivity contribution in [3.63, 3.8) is 0 Å². The predicted molar refractivity (Wildman–Crippen MR) is 287 cm³/mol. The number of ether oxygens (including phenoxy) is 5. The Balaban J connectivity index is 0.939. The average Bonchev–Trinajstić information content (AvgIpc) is 3.98. The van der Waals surface area contributed by atoms with E-state index in [0.717, 1.165) is 35.9 Å². The Morgan fingerprint density at radius 1 is 0.859 bits per heavy atom. The fourth-order valence-electron chi connectivity index (χ4n) is 8.74. The van der Waals surface area contributed by atoms with E-state index < -0.39 is 30.0 Å². The lowest BCUT2D eigenvalue weighted by molar-refractivity contribution is -0.134. The van der Waals surface area contributed by atoms with Crippen molar-refractivity contribution >= 4 is 63.5 Å². The summed E-state index contributed by atoms with van der Waals surface area (Å²) in [5.74, 6) is -1.17. The third-order valence-corrected chi connectivity index (χ3v) is 13.3. The molecule has 0 saturated heterocycles. The molecular formula is C53H75N13O12. The van der Waals surface area contributed by atoms with Gasteiger partial charge in [-0.15, -0.1) is 5.10 Å². The molecule has 1 saturated carbocycles. The van der Waals surface area contributed by atoms with Crippen LogP contribution in [0.25, 0.3) is 22.2 Å². The van der Waals surface area contributed by atoms with Crippen molar-refractivity contribution in [1.82, 2.24) is 55.4 Å². The molecule has 0 radical (unpaired) electrons. The molecule has 2 aromatic carbocycles. The van der Waals surface area contributed by atoms with E-state index in [1.165, 1.54) is 11.5 Å². The molecule has 3 aromatic heterocycles. The van der Waals surface area contributed by atoms with E-state index in [2.05, 4.69) is 41.2 Å². The molecule has 1 fully saturated rings. The Kier molecular flexibility index (Phi) is 23.5. The first-order chi connectivity index (χ1) is 37.6. The van der Waals surface area contributed by atoms with Crippen LogP contribution in [-0.2, 0) is 69.0 Å². The van der Waals surface area contributed by atoms with E-state index >= 15 is 0 Å². The largest absolute Gasteiger partial charge is 0.445 e. The Morgan fingerprint density at radius 2 is 1.53 bits per heavy atom. The number of nitrogens with zero attached hydrogens (tertiary/aromatic N) is 7. The third kappa shape index (κ3) is 18.7. The number of amides is 5. The van der Waals surface area contributed by atoms with Crippen molar-refractivity contribution in [3.05, 3.63) is 75.5 Å². The number of aryl methyl sites for hydroxylation is 1. The van der Waals surface area contributed by atoms with Crippen molar-refractivity contribution in [3.8, 4) is 0 Å². The molecule has 0 unspecified atom stereocenters. The molecule has 2 atom stereocenters. The average molecular weight is 1090 g/mol. The number of carbonyl (C=O) groups is 6. The molecule has 5 aromatic rings. The molecule has 78 heavy (non-hydrogen) atoms. The maximum atomic E-state index is 13.9. The zero-order valence-electron chi connectivity index (χ0n) is 45.1. The maximum absolute atomic E-state index is 13.9. The molecular weight excluding hydrogens is 1010 g/mol. The van der Waals surface area contributed by atoms with Crippen LogP contribution in [0.15, 0.2) is 47.3 Å². The molecule has 1 aliphatic carbocycles. The van der Waals surface area contributed by atoms with Crippen LogP contribution in [0.3, 0.4) is 0 Å². The summed E-state index contributed by atoms with van der Waals surface area (Å²) in [6, 6.07) is 11.2. The molecule has 25 heteroatoms. The number of aromatic amines is 1. The van der Waals surface area contributed by atoms with Gasteiger partial charge in [0.25, 0.3) is 0 Å². The number of primary amides is 1. The normalized spacial score (nSPS) is 13.3. The molecule has 8 N–H and O–H groups in total. The number of urea groups is 1. The number of H-pyrrole nitrogens is 1. The number of anilines is 1. The highest BCUT2D eigenvalue weighted by molar-refractivity contribution is 5.93. The van der Waals surface area contributed by atoms with E-state index in [1.54, 1.807) is 40.8 Å². The smallest absolute Gasteiger partial charge is 0.410 e. The number of fused-ring (bicyclic) bond motifs is 2. The third-order valence-electron chi connectivity index (χ3n) is 13.3. The fraction of sp³-hybridized carbons (Fsp3) is 0.566. The fourth-order valence-corrected chi connectivity index (χ4v) is 8.74. The number of imidazole rings is 1. The molecule has 0 aliphatic heterocycles. The van der Waals surface area contributed by atoms with E-state index in [9.17, 15) is 33.6 Å². The highest BCUT2D eigenvalue weighted by Gasteiger charge is 2.31. The van der Waals surface area contributed by atoms with Gasteiger partial charge in [0.15, 0.2) is 17.2 Å². The number of ketones is 2. The van der Waals surface area contributed by atoms with Gasteiger partial charge in [-0.3, -0.25) is 23.7 Å². The van der Waals surface area contributed by atoms with Gasteiger partial charge in [-0.05, 0) is 73.8 Å². The minimum absolute atomic E-state index is 0.00280. The number of Topliss-reactive ketones (excluding diaryl/α,β-unsaturated/α-hetero) is 2. The summed E-state index contributed by atoms with van der Waals surface area (Å²) in [6.45, 7) is 11.2. The summed E-state index contributed by atoms with van der Waals surface area (Å²) in [6.07, 6.45) is 2.93. The van der Waals surface area contributed by atoms with Gasteiger partial charge in [0, 0.05) is 57.8 Å². The highest BCUT2D eigenvalue weighted by Crippen LogP contribution is 2.26. The first-order valence-electron chi connectivity index (χ1n) is 26.6. The van der Waals surface area contributed by atoms with Gasteiger partial charge in [-0.1, -0.05) is 49.4 Å². The van der Waals surface area contributed by atoms with Crippen LogP contribution in [0.1, 0.15) is 88.2 Å². The Hall–Kier alpha value is -7.35. The quantitative estimate of drug-likeness (QED) is 0.0318. The number of nitrogen functional groups attached to an aromatic ring is 1. The zero-order valence-corrected chi connectivity index (χ0v) is 45.1. The van der Waals surface area contributed by atoms with Crippen molar-refractivity contribution in [1.29, 1.82) is 0 Å². The van der Waals surface area contributed by atoms with Gasteiger partial charge >= 0.3 is 17.8 Å². The van der Waals surface area contributed by atoms with Crippen LogP contribution in [-0.4, -0.2) is 159 Å². The summed E-state index contributed by atoms with van der Waals surface area (Å²) in [7, 11) is 0. The summed E-state index contributed by atoms with van der Waals surface area (Å²) < 4.78 is 31.0. The highest BCUT2D eigenvalue weighted by atomic mass is 16.6. The second-order valence-corrected chi connectivity index (χ2v) is 19.6. The van der Waals surface area contributed by atoms with Crippen LogP contribution in [0, 0.1) is 18.8 Å². The van der Waals surface area contributed by atoms with Gasteiger partial charge in [-0.2, -0.15) is 0 Å². The van der Waals surface area contributed by atoms with Crippen LogP contribution >= 0.6 is 0 Å². The van der Waals surface area contributed by atoms with E-state index in [4.69, 9.17) is 35.2 Å². The monoisotopic (exact) mass is 1090 g/mol. The topological polar surface area (TPSA) is 334 Å². The number of benzene rings is 2. The van der Waals surface area contributed by atoms with Gasteiger partial charge < -0.3 is 61.0 Å². The molecule has 3 heterocycles. The molecule has 25 nitrogen and oxygen atoms in total. The number of hydrogen-bond donors (Lipinski definition) is 6. The lowest BCUT2D eigenvalue weighted by Gasteiger charge is -2.36. The summed E-state index contributed by atoms with van der Waals surface area (Å²) >= 11 is 0. The van der Waals surface area contributed by atoms with E-state index in [0.29, 0.717) is 93.8 Å². The van der Waals surface area contributed by atoms with Gasteiger partial charge in [0.05, 0.1) is 77.5 Å². The van der Waals surface area contributed by atoms with Crippen molar-refractivity contribution in [2.45, 2.75) is 111 Å². The number of carbonyl (C=O) groups excluding carboxylic acids is 6. The predicted octanol–water partition coefficient (Wildman–Crippen LogP) is 2.86. The number of nitrogens with one attached hydrogen (secondary N) is 4. The molecule has 5 amide bonds. The number of aromatic nitrogens is 7. The van der Waals surface area contributed by atoms with Crippen LogP contribution in [0.5, 0.6) is 0 Å². The van der Waals surface area contributed by atoms with Gasteiger partial charge in [-0.25, -0.2) is 29.0 Å². The molecule has 0 bridgehead atoms. The standard InChI is InChI=1S/C53H75N13O12/c1-34(2)42(31-41(68)16-21-74-23-25-76-27-28-77-26-24-75-22-18-56-36(4)67)50(70)60-43(9-6-17-57-51(55)71)46(69)30-37-10-12-38(13-11-37)33-78-53(73)64(40-7-5-8-40)19-20-66-45-15-14-39(29-44(45)62-63-66)32-65-49-47(61-52(65)72)48(54)58-35(3)59-49/h10-15,29,34,40,42-43H,5-9,16-28,30-33H2,1-4H3,(H,56,67)(H,60,70)(H,61,72)(H2,54,58,59)(H3,55,57,71)/t42-,43-/m0/s1. The molecule has 1 aliphatic rings. The van der Waals surface area contributed by atoms with Crippen LogP contribution in [0.2, 0.25) is 0 Å². The van der Waals surface area contributed by atoms with Crippen LogP contribution < -0.4 is 33.1 Å². The number of nitrogens with two attached hydrogens (primary N) is 2. The summed E-state index contributed by atoms with van der Waals surface area (Å²) in [5.41, 5.74) is 15.3. The second-order valence-electron chi connectivity index (χ2n) is 19.6.